The molecule has 0 N–H and O–H groups in total. The molecule has 0 spiro atoms. The highest BCUT2D eigenvalue weighted by molar-refractivity contribution is 9.09. The van der Waals surface area contributed by atoms with Gasteiger partial charge in [0.25, 0.3) is 0 Å². The van der Waals surface area contributed by atoms with Crippen molar-refractivity contribution in [3.8, 4) is 0 Å². The van der Waals surface area contributed by atoms with Crippen LogP contribution in [0.25, 0.3) is 0 Å². The Hall–Kier alpha value is 0.400. The van der Waals surface area contributed by atoms with Crippen LogP contribution in [-0.2, 0) is 4.74 Å². The summed E-state index contributed by atoms with van der Waals surface area (Å²) >= 11 is 3.60. The molecule has 2 nitrogen and oxygen atoms in total. The van der Waals surface area contributed by atoms with Crippen LogP contribution in [-0.4, -0.2) is 43.1 Å². The first-order chi connectivity index (χ1) is 7.06. The minimum Gasteiger partial charge on any atom is -0.383 e. The van der Waals surface area contributed by atoms with E-state index in [1.807, 2.05) is 0 Å². The van der Waals surface area contributed by atoms with Gasteiger partial charge in [0, 0.05) is 25.0 Å². The zero-order valence-corrected chi connectivity index (χ0v) is 12.4. The Morgan fingerprint density at radius 2 is 1.87 bits per heavy atom. The molecule has 92 valence electrons. The van der Waals surface area contributed by atoms with Gasteiger partial charge in [-0.2, -0.15) is 0 Å². The van der Waals surface area contributed by atoms with Crippen molar-refractivity contribution in [3.63, 3.8) is 0 Å². The van der Waals surface area contributed by atoms with Crippen molar-refractivity contribution < 1.29 is 4.74 Å². The second kappa shape index (κ2) is 8.54. The highest BCUT2D eigenvalue weighted by Gasteiger charge is 2.19. The fourth-order valence-corrected chi connectivity index (χ4v) is 2.66. The van der Waals surface area contributed by atoms with E-state index in [2.05, 4.69) is 48.5 Å². The van der Waals surface area contributed by atoms with Gasteiger partial charge < -0.3 is 4.74 Å². The molecule has 2 atom stereocenters. The number of halogens is 1. The van der Waals surface area contributed by atoms with Gasteiger partial charge >= 0.3 is 0 Å². The second-order valence-corrected chi connectivity index (χ2v) is 5.20. The molecule has 0 fully saturated rings. The molecular weight excluding hydrogens is 254 g/mol. The molecule has 0 aliphatic carbocycles. The summed E-state index contributed by atoms with van der Waals surface area (Å²) in [4.78, 5) is 2.50. The molecule has 0 radical (unpaired) electrons. The van der Waals surface area contributed by atoms with Crippen molar-refractivity contribution >= 4 is 15.9 Å². The molecule has 0 aliphatic heterocycles. The Morgan fingerprint density at radius 3 is 2.20 bits per heavy atom. The molecule has 0 saturated carbocycles. The lowest BCUT2D eigenvalue weighted by Crippen LogP contribution is -2.40. The third-order valence-corrected chi connectivity index (χ3v) is 3.88. The number of methoxy groups -OCH3 is 1. The Morgan fingerprint density at radius 1 is 1.27 bits per heavy atom. The van der Waals surface area contributed by atoms with Gasteiger partial charge in [0.15, 0.2) is 0 Å². The van der Waals surface area contributed by atoms with Crippen LogP contribution in [0.4, 0.5) is 0 Å². The summed E-state index contributed by atoms with van der Waals surface area (Å²) in [5.74, 6) is 1.46. The first-order valence-electron chi connectivity index (χ1n) is 5.85. The van der Waals surface area contributed by atoms with Gasteiger partial charge in [0.1, 0.15) is 0 Å². The Balaban J connectivity index is 4.16. The van der Waals surface area contributed by atoms with E-state index in [9.17, 15) is 0 Å². The predicted molar refractivity (Wildman–Crippen MR) is 70.7 cm³/mol. The number of rotatable bonds is 8. The standard InChI is InChI=1S/C12H26BrNO/c1-6-14(11(4)9-15-5)8-12(7-13)10(2)3/h10-12H,6-9H2,1-5H3. The van der Waals surface area contributed by atoms with Crippen LogP contribution in [0.1, 0.15) is 27.7 Å². The van der Waals surface area contributed by atoms with Gasteiger partial charge in [0.05, 0.1) is 6.61 Å². The van der Waals surface area contributed by atoms with E-state index in [0.29, 0.717) is 6.04 Å². The maximum atomic E-state index is 5.21. The van der Waals surface area contributed by atoms with Gasteiger partial charge in [-0.05, 0) is 25.3 Å². The summed E-state index contributed by atoms with van der Waals surface area (Å²) < 4.78 is 5.21. The van der Waals surface area contributed by atoms with Crippen LogP contribution in [0, 0.1) is 11.8 Å². The number of alkyl halides is 1. The first-order valence-corrected chi connectivity index (χ1v) is 6.97. The highest BCUT2D eigenvalue weighted by Crippen LogP contribution is 2.16. The molecule has 0 bridgehead atoms. The topological polar surface area (TPSA) is 12.5 Å². The number of hydrogen-bond acceptors (Lipinski definition) is 2. The number of ether oxygens (including phenoxy) is 1. The lowest BCUT2D eigenvalue weighted by molar-refractivity contribution is 0.0886. The highest BCUT2D eigenvalue weighted by atomic mass is 79.9. The van der Waals surface area contributed by atoms with Gasteiger partial charge in [0.2, 0.25) is 0 Å². The largest absolute Gasteiger partial charge is 0.383 e. The van der Waals surface area contributed by atoms with E-state index in [1.165, 1.54) is 0 Å². The third kappa shape index (κ3) is 5.88. The van der Waals surface area contributed by atoms with Crippen molar-refractivity contribution in [2.75, 3.05) is 32.1 Å². The molecule has 3 heteroatoms. The summed E-state index contributed by atoms with van der Waals surface area (Å²) in [5, 5.41) is 1.08. The monoisotopic (exact) mass is 279 g/mol. The molecule has 0 aliphatic rings. The van der Waals surface area contributed by atoms with Gasteiger partial charge in [-0.3, -0.25) is 4.90 Å². The van der Waals surface area contributed by atoms with Gasteiger partial charge in [-0.25, -0.2) is 0 Å². The SMILES string of the molecule is CCN(CC(CBr)C(C)C)C(C)COC. The van der Waals surface area contributed by atoms with Crippen LogP contribution >= 0.6 is 15.9 Å². The van der Waals surface area contributed by atoms with E-state index < -0.39 is 0 Å². The van der Waals surface area contributed by atoms with E-state index in [4.69, 9.17) is 4.74 Å². The molecule has 0 saturated heterocycles. The van der Waals surface area contributed by atoms with E-state index >= 15 is 0 Å². The van der Waals surface area contributed by atoms with Crippen LogP contribution in [0.5, 0.6) is 0 Å². The molecule has 15 heavy (non-hydrogen) atoms. The zero-order chi connectivity index (χ0) is 11.8. The van der Waals surface area contributed by atoms with E-state index in [1.54, 1.807) is 7.11 Å². The third-order valence-electron chi connectivity index (χ3n) is 3.05. The minimum atomic E-state index is 0.514. The molecule has 0 amide bonds. The molecule has 2 unspecified atom stereocenters. The van der Waals surface area contributed by atoms with Gasteiger partial charge in [-0.1, -0.05) is 36.7 Å². The van der Waals surface area contributed by atoms with Crippen LogP contribution in [0.15, 0.2) is 0 Å². The maximum Gasteiger partial charge on any atom is 0.0615 e. The predicted octanol–water partition coefficient (Wildman–Crippen LogP) is 3.01. The Labute approximate surface area is 103 Å². The molecule has 0 aromatic heterocycles. The van der Waals surface area contributed by atoms with E-state index in [0.717, 1.165) is 36.9 Å². The second-order valence-electron chi connectivity index (χ2n) is 4.55. The fourth-order valence-electron chi connectivity index (χ4n) is 1.71. The summed E-state index contributed by atoms with van der Waals surface area (Å²) in [5.41, 5.74) is 0. The zero-order valence-electron chi connectivity index (χ0n) is 10.8. The Bertz CT molecular complexity index is 153. The van der Waals surface area contributed by atoms with Crippen LogP contribution in [0.2, 0.25) is 0 Å². The van der Waals surface area contributed by atoms with Crippen LogP contribution < -0.4 is 0 Å². The average molecular weight is 280 g/mol. The lowest BCUT2D eigenvalue weighted by Gasteiger charge is -2.32. The van der Waals surface area contributed by atoms with Gasteiger partial charge in [-0.15, -0.1) is 0 Å². The number of likely N-dealkylation sites (N-methyl/N-ethyl adjacent to an activating group) is 1. The van der Waals surface area contributed by atoms with Crippen molar-refractivity contribution in [1.82, 2.24) is 4.90 Å². The summed E-state index contributed by atoms with van der Waals surface area (Å²) in [6.07, 6.45) is 0. The fraction of sp³-hybridized carbons (Fsp3) is 1.00. The van der Waals surface area contributed by atoms with Crippen molar-refractivity contribution in [3.05, 3.63) is 0 Å². The van der Waals surface area contributed by atoms with Crippen LogP contribution in [0.3, 0.4) is 0 Å². The average Bonchev–Trinajstić information content (AvgIpc) is 2.19. The molecule has 0 aromatic carbocycles. The van der Waals surface area contributed by atoms with Crippen molar-refractivity contribution in [2.24, 2.45) is 11.8 Å². The molecule has 0 aromatic rings. The quantitative estimate of drug-likeness (QED) is 0.634. The molecule has 0 rings (SSSR count). The molecule has 0 heterocycles. The molecular formula is C12H26BrNO. The number of nitrogens with zero attached hydrogens (tertiary/aromatic N) is 1. The Kier molecular flexibility index (Phi) is 8.77. The minimum absolute atomic E-state index is 0.514. The smallest absolute Gasteiger partial charge is 0.0615 e. The van der Waals surface area contributed by atoms with Crippen molar-refractivity contribution in [1.29, 1.82) is 0 Å². The number of hydrogen-bond donors (Lipinski definition) is 0. The first kappa shape index (κ1) is 15.4. The van der Waals surface area contributed by atoms with E-state index in [-0.39, 0.29) is 0 Å². The summed E-state index contributed by atoms with van der Waals surface area (Å²) in [6, 6.07) is 0.514. The maximum absolute atomic E-state index is 5.21. The lowest BCUT2D eigenvalue weighted by atomic mass is 9.97. The summed E-state index contributed by atoms with van der Waals surface area (Å²) in [6.45, 7) is 12.1. The summed E-state index contributed by atoms with van der Waals surface area (Å²) in [7, 11) is 1.77. The van der Waals surface area contributed by atoms with Crippen molar-refractivity contribution in [2.45, 2.75) is 33.7 Å². The normalized spacial score (nSPS) is 16.0.